The van der Waals surface area contributed by atoms with Crippen molar-refractivity contribution in [3.05, 3.63) is 52.9 Å². The molecule has 1 unspecified atom stereocenters. The Hall–Kier alpha value is -2.31. The summed E-state index contributed by atoms with van der Waals surface area (Å²) in [7, 11) is 1.65. The molecule has 1 saturated heterocycles. The predicted octanol–water partition coefficient (Wildman–Crippen LogP) is 3.09. The first kappa shape index (κ1) is 16.2. The fourth-order valence-electron chi connectivity index (χ4n) is 3.45. The quantitative estimate of drug-likeness (QED) is 0.727. The number of aromatic nitrogens is 3. The standard InChI is InChI=1S/C19H21N3O3/c1-12-14-6-4-5-7-16(14)20-13(2)15(12)10-17-21-22-18(25-17)19(23-3)8-9-24-11-19/h4-7H,8-11H2,1-3H3. The molecule has 2 aromatic heterocycles. The summed E-state index contributed by atoms with van der Waals surface area (Å²) in [6.45, 7) is 5.22. The third-order valence-corrected chi connectivity index (χ3v) is 5.05. The van der Waals surface area contributed by atoms with Gasteiger partial charge in [0, 0.05) is 24.6 Å². The molecular weight excluding hydrogens is 318 g/mol. The molecule has 6 heteroatoms. The zero-order chi connectivity index (χ0) is 17.4. The summed E-state index contributed by atoms with van der Waals surface area (Å²) in [5, 5.41) is 9.60. The van der Waals surface area contributed by atoms with Crippen molar-refractivity contribution in [2.45, 2.75) is 32.3 Å². The Morgan fingerprint density at radius 3 is 2.80 bits per heavy atom. The first-order valence-electron chi connectivity index (χ1n) is 8.43. The Bertz CT molecular complexity index is 913. The fraction of sp³-hybridized carbons (Fsp3) is 0.421. The molecule has 1 atom stereocenters. The monoisotopic (exact) mass is 339 g/mol. The number of aryl methyl sites for hydroxylation is 2. The van der Waals surface area contributed by atoms with Gasteiger partial charge >= 0.3 is 0 Å². The van der Waals surface area contributed by atoms with Gasteiger partial charge in [-0.25, -0.2) is 0 Å². The summed E-state index contributed by atoms with van der Waals surface area (Å²) in [5.41, 5.74) is 3.71. The van der Waals surface area contributed by atoms with E-state index >= 15 is 0 Å². The summed E-state index contributed by atoms with van der Waals surface area (Å²) in [6, 6.07) is 8.16. The Morgan fingerprint density at radius 2 is 2.04 bits per heavy atom. The smallest absolute Gasteiger partial charge is 0.250 e. The van der Waals surface area contributed by atoms with E-state index in [0.29, 0.717) is 31.4 Å². The second-order valence-corrected chi connectivity index (χ2v) is 6.50. The molecule has 1 aliphatic rings. The number of nitrogens with zero attached hydrogens (tertiary/aromatic N) is 3. The van der Waals surface area contributed by atoms with Crippen LogP contribution in [0.3, 0.4) is 0 Å². The van der Waals surface area contributed by atoms with Crippen molar-refractivity contribution in [1.82, 2.24) is 15.2 Å². The number of pyridine rings is 1. The van der Waals surface area contributed by atoms with Crippen LogP contribution in [0.4, 0.5) is 0 Å². The summed E-state index contributed by atoms with van der Waals surface area (Å²) < 4.78 is 17.0. The van der Waals surface area contributed by atoms with E-state index in [9.17, 15) is 0 Å². The van der Waals surface area contributed by atoms with Crippen molar-refractivity contribution in [3.8, 4) is 0 Å². The van der Waals surface area contributed by atoms with Gasteiger partial charge in [0.2, 0.25) is 5.89 Å². The molecule has 130 valence electrons. The van der Waals surface area contributed by atoms with Gasteiger partial charge in [0.15, 0.2) is 5.60 Å². The topological polar surface area (TPSA) is 70.3 Å². The number of methoxy groups -OCH3 is 1. The lowest BCUT2D eigenvalue weighted by molar-refractivity contribution is -0.0416. The third kappa shape index (κ3) is 2.71. The minimum absolute atomic E-state index is 0.445. The lowest BCUT2D eigenvalue weighted by Crippen LogP contribution is -2.29. The molecule has 1 aromatic carbocycles. The summed E-state index contributed by atoms with van der Waals surface area (Å²) in [4.78, 5) is 4.71. The van der Waals surface area contributed by atoms with E-state index < -0.39 is 5.60 Å². The largest absolute Gasteiger partial charge is 0.422 e. The lowest BCUT2D eigenvalue weighted by atomic mass is 9.99. The van der Waals surface area contributed by atoms with Gasteiger partial charge in [0.1, 0.15) is 0 Å². The Labute approximate surface area is 146 Å². The van der Waals surface area contributed by atoms with E-state index in [1.807, 2.05) is 25.1 Å². The van der Waals surface area contributed by atoms with E-state index in [1.54, 1.807) is 7.11 Å². The van der Waals surface area contributed by atoms with Crippen molar-refractivity contribution in [1.29, 1.82) is 0 Å². The second-order valence-electron chi connectivity index (χ2n) is 6.50. The van der Waals surface area contributed by atoms with Gasteiger partial charge in [-0.1, -0.05) is 18.2 Å². The first-order valence-corrected chi connectivity index (χ1v) is 8.43. The van der Waals surface area contributed by atoms with Crippen LogP contribution in [0.25, 0.3) is 10.9 Å². The number of rotatable bonds is 4. The van der Waals surface area contributed by atoms with Crippen molar-refractivity contribution in [2.75, 3.05) is 20.3 Å². The third-order valence-electron chi connectivity index (χ3n) is 5.05. The van der Waals surface area contributed by atoms with Gasteiger partial charge in [-0.15, -0.1) is 10.2 Å². The molecule has 0 radical (unpaired) electrons. The minimum Gasteiger partial charge on any atom is -0.422 e. The van der Waals surface area contributed by atoms with Gasteiger partial charge in [0.25, 0.3) is 5.89 Å². The van der Waals surface area contributed by atoms with E-state index in [0.717, 1.165) is 28.6 Å². The van der Waals surface area contributed by atoms with Gasteiger partial charge in [-0.05, 0) is 31.0 Å². The molecule has 4 rings (SSSR count). The van der Waals surface area contributed by atoms with Gasteiger partial charge < -0.3 is 13.9 Å². The van der Waals surface area contributed by atoms with Crippen LogP contribution in [0.1, 0.15) is 35.0 Å². The van der Waals surface area contributed by atoms with Crippen molar-refractivity contribution in [3.63, 3.8) is 0 Å². The molecule has 0 saturated carbocycles. The predicted molar refractivity (Wildman–Crippen MR) is 92.4 cm³/mol. The highest BCUT2D eigenvalue weighted by Gasteiger charge is 2.42. The molecule has 0 N–H and O–H groups in total. The maximum atomic E-state index is 5.93. The van der Waals surface area contributed by atoms with Gasteiger partial charge in [-0.3, -0.25) is 4.98 Å². The maximum absolute atomic E-state index is 5.93. The Morgan fingerprint density at radius 1 is 1.20 bits per heavy atom. The van der Waals surface area contributed by atoms with Crippen molar-refractivity contribution in [2.24, 2.45) is 0 Å². The Kier molecular flexibility index (Phi) is 4.01. The lowest BCUT2D eigenvalue weighted by Gasteiger charge is -2.20. The Balaban J connectivity index is 1.68. The molecule has 3 aromatic rings. The average molecular weight is 339 g/mol. The first-order chi connectivity index (χ1) is 12.1. The van der Waals surface area contributed by atoms with Gasteiger partial charge in [-0.2, -0.15) is 0 Å². The summed E-state index contributed by atoms with van der Waals surface area (Å²) in [6.07, 6.45) is 1.28. The van der Waals surface area contributed by atoms with E-state index in [1.165, 1.54) is 5.56 Å². The maximum Gasteiger partial charge on any atom is 0.250 e. The normalized spacial score (nSPS) is 20.4. The summed E-state index contributed by atoms with van der Waals surface area (Å²) >= 11 is 0. The zero-order valence-corrected chi connectivity index (χ0v) is 14.7. The number of benzene rings is 1. The molecule has 0 spiro atoms. The SMILES string of the molecule is COC1(c2nnc(Cc3c(C)nc4ccccc4c3C)o2)CCOC1. The molecule has 1 aliphatic heterocycles. The van der Waals surface area contributed by atoms with E-state index in [2.05, 4.69) is 23.2 Å². The molecular formula is C19H21N3O3. The van der Waals surface area contributed by atoms with Crippen LogP contribution in [0.5, 0.6) is 0 Å². The number of fused-ring (bicyclic) bond motifs is 1. The number of hydrogen-bond donors (Lipinski definition) is 0. The van der Waals surface area contributed by atoms with Crippen LogP contribution in [-0.4, -0.2) is 35.5 Å². The van der Waals surface area contributed by atoms with Crippen LogP contribution in [0.15, 0.2) is 28.7 Å². The number of ether oxygens (including phenoxy) is 2. The molecule has 6 nitrogen and oxygen atoms in total. The van der Waals surface area contributed by atoms with Crippen LogP contribution in [0, 0.1) is 13.8 Å². The molecule has 25 heavy (non-hydrogen) atoms. The minimum atomic E-state index is -0.614. The zero-order valence-electron chi connectivity index (χ0n) is 14.7. The van der Waals surface area contributed by atoms with Gasteiger partial charge in [0.05, 0.1) is 25.2 Å². The number of para-hydroxylation sites is 1. The van der Waals surface area contributed by atoms with Crippen LogP contribution >= 0.6 is 0 Å². The van der Waals surface area contributed by atoms with Crippen LogP contribution < -0.4 is 0 Å². The second kappa shape index (κ2) is 6.20. The molecule has 1 fully saturated rings. The highest BCUT2D eigenvalue weighted by molar-refractivity contribution is 5.83. The number of hydrogen-bond acceptors (Lipinski definition) is 6. The molecule has 3 heterocycles. The highest BCUT2D eigenvalue weighted by Crippen LogP contribution is 2.33. The molecule has 0 amide bonds. The van der Waals surface area contributed by atoms with E-state index in [4.69, 9.17) is 18.9 Å². The highest BCUT2D eigenvalue weighted by atomic mass is 16.6. The summed E-state index contributed by atoms with van der Waals surface area (Å²) in [5.74, 6) is 1.06. The van der Waals surface area contributed by atoms with Crippen molar-refractivity contribution < 1.29 is 13.9 Å². The molecule has 0 bridgehead atoms. The fourth-order valence-corrected chi connectivity index (χ4v) is 3.45. The average Bonchev–Trinajstić information content (AvgIpc) is 3.28. The van der Waals surface area contributed by atoms with Crippen LogP contribution in [-0.2, 0) is 21.5 Å². The van der Waals surface area contributed by atoms with Crippen LogP contribution in [0.2, 0.25) is 0 Å². The van der Waals surface area contributed by atoms with Crippen molar-refractivity contribution >= 4 is 10.9 Å². The van der Waals surface area contributed by atoms with E-state index in [-0.39, 0.29) is 0 Å². The molecule has 0 aliphatic carbocycles.